The molecule has 10 heteroatoms. The number of pyridine rings is 1. The molecule has 0 spiro atoms. The number of aryl methyl sites for hydroxylation is 1. The minimum absolute atomic E-state index is 0.0923. The smallest absolute Gasteiger partial charge is 0.237 e. The molecular formula is C25H26ClN3O4S2. The first-order chi connectivity index (χ1) is 16.2. The van der Waals surface area contributed by atoms with Gasteiger partial charge in [0.15, 0.2) is 5.65 Å². The van der Waals surface area contributed by atoms with E-state index in [1.165, 1.54) is 48.0 Å². The fourth-order valence-electron chi connectivity index (χ4n) is 3.66. The normalized spacial score (nSPS) is 13.0. The Morgan fingerprint density at radius 1 is 0.943 bits per heavy atom. The topological polar surface area (TPSA) is 89.3 Å². The molecular weight excluding hydrogens is 506 g/mol. The minimum Gasteiger partial charge on any atom is -0.237 e. The van der Waals surface area contributed by atoms with E-state index in [2.05, 4.69) is 4.98 Å². The van der Waals surface area contributed by atoms with Gasteiger partial charge in [0.1, 0.15) is 0 Å². The van der Waals surface area contributed by atoms with E-state index in [0.29, 0.717) is 21.5 Å². The zero-order valence-electron chi connectivity index (χ0n) is 20.0. The molecule has 0 N–H and O–H groups in total. The largest absolute Gasteiger partial charge is 0.269 e. The molecule has 0 fully saturated rings. The monoisotopic (exact) mass is 531 g/mol. The van der Waals surface area contributed by atoms with Gasteiger partial charge in [-0.05, 0) is 63.6 Å². The summed E-state index contributed by atoms with van der Waals surface area (Å²) >= 11 is 6.51. The lowest BCUT2D eigenvalue weighted by Crippen LogP contribution is -2.42. The summed E-state index contributed by atoms with van der Waals surface area (Å²) < 4.78 is 55.9. The van der Waals surface area contributed by atoms with E-state index in [1.807, 2.05) is 27.7 Å². The van der Waals surface area contributed by atoms with Crippen LogP contribution in [-0.2, 0) is 20.0 Å². The Morgan fingerprint density at radius 3 is 2.23 bits per heavy atom. The lowest BCUT2D eigenvalue weighted by atomic mass is 10.1. The van der Waals surface area contributed by atoms with E-state index in [4.69, 9.17) is 11.6 Å². The lowest BCUT2D eigenvalue weighted by molar-refractivity contribution is 0.292. The molecule has 4 rings (SSSR count). The van der Waals surface area contributed by atoms with Crippen molar-refractivity contribution in [1.29, 1.82) is 0 Å². The van der Waals surface area contributed by atoms with Crippen LogP contribution in [0.15, 0.2) is 76.8 Å². The Labute approximate surface area is 211 Å². The Hall–Kier alpha value is -2.72. The molecule has 0 unspecified atom stereocenters. The minimum atomic E-state index is -3.99. The molecule has 7 nitrogen and oxygen atoms in total. The summed E-state index contributed by atoms with van der Waals surface area (Å²) in [5.41, 5.74) is 1.44. The van der Waals surface area contributed by atoms with Crippen molar-refractivity contribution in [2.45, 2.75) is 43.0 Å². The van der Waals surface area contributed by atoms with E-state index in [-0.39, 0.29) is 15.4 Å². The van der Waals surface area contributed by atoms with Gasteiger partial charge in [-0.15, -0.1) is 0 Å². The predicted octanol–water partition coefficient (Wildman–Crippen LogP) is 5.32. The van der Waals surface area contributed by atoms with Gasteiger partial charge in [-0.1, -0.05) is 41.4 Å². The van der Waals surface area contributed by atoms with Gasteiger partial charge in [-0.3, -0.25) is 0 Å². The molecule has 0 radical (unpaired) electrons. The van der Waals surface area contributed by atoms with Gasteiger partial charge in [0, 0.05) is 35.9 Å². The van der Waals surface area contributed by atoms with Crippen molar-refractivity contribution in [2.75, 3.05) is 7.05 Å². The van der Waals surface area contributed by atoms with Gasteiger partial charge < -0.3 is 0 Å². The molecule has 0 saturated heterocycles. The third kappa shape index (κ3) is 4.49. The maximum Gasteiger partial charge on any atom is 0.269 e. The maximum atomic E-state index is 13.5. The third-order valence-electron chi connectivity index (χ3n) is 5.93. The number of nitrogens with zero attached hydrogens (tertiary/aromatic N) is 3. The standard InChI is InChI=1S/C25H26ClN3O4S2/c1-17-9-11-19(12-10-17)35(32,33)29-16-21(23-22(26)13-14-27-24(23)29)18-7-6-8-20(15-18)34(30,31)28(5)25(2,3)4/h6-16H,1-5H3. The van der Waals surface area contributed by atoms with Crippen LogP contribution < -0.4 is 0 Å². The van der Waals surface area contributed by atoms with Crippen LogP contribution in [0.4, 0.5) is 0 Å². The first-order valence-corrected chi connectivity index (χ1v) is 14.1. The Bertz CT molecular complexity index is 1640. The number of hydrogen-bond acceptors (Lipinski definition) is 5. The third-order valence-corrected chi connectivity index (χ3v) is 10.0. The summed E-state index contributed by atoms with van der Waals surface area (Å²) in [7, 11) is -6.26. The highest BCUT2D eigenvalue weighted by Gasteiger charge is 2.31. The summed E-state index contributed by atoms with van der Waals surface area (Å²) in [4.78, 5) is 4.50. The fraction of sp³-hybridized carbons (Fsp3) is 0.240. The second-order valence-electron chi connectivity index (χ2n) is 9.32. The summed E-state index contributed by atoms with van der Waals surface area (Å²) in [5.74, 6) is 0. The van der Waals surface area contributed by atoms with Crippen LogP contribution in [0.3, 0.4) is 0 Å². The van der Waals surface area contributed by atoms with Gasteiger partial charge >= 0.3 is 0 Å². The van der Waals surface area contributed by atoms with Gasteiger partial charge in [0.05, 0.1) is 14.8 Å². The Morgan fingerprint density at radius 2 is 1.60 bits per heavy atom. The summed E-state index contributed by atoms with van der Waals surface area (Å²) in [6, 6.07) is 14.5. The second kappa shape index (κ2) is 8.74. The van der Waals surface area contributed by atoms with Crippen molar-refractivity contribution < 1.29 is 16.8 Å². The molecule has 0 aliphatic carbocycles. The van der Waals surface area contributed by atoms with Gasteiger partial charge in [-0.2, -0.15) is 4.31 Å². The highest BCUT2D eigenvalue weighted by atomic mass is 35.5. The van der Waals surface area contributed by atoms with Gasteiger partial charge in [0.25, 0.3) is 10.0 Å². The molecule has 0 atom stereocenters. The maximum absolute atomic E-state index is 13.5. The number of aromatic nitrogens is 2. The molecule has 0 bridgehead atoms. The highest BCUT2D eigenvalue weighted by Crippen LogP contribution is 2.37. The summed E-state index contributed by atoms with van der Waals surface area (Å²) in [5, 5.41) is 0.728. The molecule has 0 amide bonds. The van der Waals surface area contributed by atoms with E-state index in [1.54, 1.807) is 30.3 Å². The lowest BCUT2D eigenvalue weighted by Gasteiger charge is -2.31. The molecule has 2 heterocycles. The molecule has 184 valence electrons. The van der Waals surface area contributed by atoms with Crippen molar-refractivity contribution in [3.05, 3.63) is 77.6 Å². The molecule has 0 saturated carbocycles. The van der Waals surface area contributed by atoms with Crippen molar-refractivity contribution >= 4 is 42.7 Å². The molecule has 2 aromatic carbocycles. The fourth-order valence-corrected chi connectivity index (χ4v) is 6.78. The number of rotatable bonds is 5. The number of sulfonamides is 1. The van der Waals surface area contributed by atoms with Crippen LogP contribution in [0.2, 0.25) is 5.02 Å². The highest BCUT2D eigenvalue weighted by molar-refractivity contribution is 7.90. The zero-order valence-corrected chi connectivity index (χ0v) is 22.4. The van der Waals surface area contributed by atoms with Crippen LogP contribution in [0.1, 0.15) is 26.3 Å². The Kier molecular flexibility index (Phi) is 6.34. The summed E-state index contributed by atoms with van der Waals surface area (Å²) in [6.07, 6.45) is 2.88. The van der Waals surface area contributed by atoms with Crippen LogP contribution in [0, 0.1) is 6.92 Å². The number of benzene rings is 2. The predicted molar refractivity (Wildman–Crippen MR) is 139 cm³/mol. The Balaban J connectivity index is 1.95. The summed E-state index contributed by atoms with van der Waals surface area (Å²) in [6.45, 7) is 7.30. The van der Waals surface area contributed by atoms with Crippen molar-refractivity contribution in [2.24, 2.45) is 0 Å². The SMILES string of the molecule is Cc1ccc(S(=O)(=O)n2cc(-c3cccc(S(=O)(=O)N(C)C(C)(C)C)c3)c3c(Cl)ccnc32)cc1. The van der Waals surface area contributed by atoms with Crippen LogP contribution in [-0.4, -0.2) is 42.7 Å². The van der Waals surface area contributed by atoms with Gasteiger partial charge in [0.2, 0.25) is 10.0 Å². The molecule has 0 aliphatic heterocycles. The average Bonchev–Trinajstić information content (AvgIpc) is 3.20. The van der Waals surface area contributed by atoms with Crippen LogP contribution >= 0.6 is 11.6 Å². The molecule has 4 aromatic rings. The van der Waals surface area contributed by atoms with E-state index < -0.39 is 25.6 Å². The van der Waals surface area contributed by atoms with Crippen molar-refractivity contribution in [3.8, 4) is 11.1 Å². The molecule has 35 heavy (non-hydrogen) atoms. The number of halogens is 1. The van der Waals surface area contributed by atoms with E-state index >= 15 is 0 Å². The first-order valence-electron chi connectivity index (χ1n) is 10.8. The average molecular weight is 532 g/mol. The van der Waals surface area contributed by atoms with Crippen LogP contribution in [0.25, 0.3) is 22.2 Å². The van der Waals surface area contributed by atoms with Crippen LogP contribution in [0.5, 0.6) is 0 Å². The molecule has 2 aromatic heterocycles. The van der Waals surface area contributed by atoms with E-state index in [9.17, 15) is 16.8 Å². The number of hydrogen-bond donors (Lipinski definition) is 0. The molecule has 0 aliphatic rings. The van der Waals surface area contributed by atoms with E-state index in [0.717, 1.165) is 9.54 Å². The number of fused-ring (bicyclic) bond motifs is 1. The second-order valence-corrected chi connectivity index (χ2v) is 13.5. The quantitative estimate of drug-likeness (QED) is 0.347. The zero-order chi connectivity index (χ0) is 25.8. The first kappa shape index (κ1) is 25.4. The van der Waals surface area contributed by atoms with Gasteiger partial charge in [-0.25, -0.2) is 25.8 Å². The van der Waals surface area contributed by atoms with Crippen molar-refractivity contribution in [1.82, 2.24) is 13.3 Å². The van der Waals surface area contributed by atoms with Crippen molar-refractivity contribution in [3.63, 3.8) is 0 Å².